The smallest absolute Gasteiger partial charge is 0.0931 e. The third-order valence-electron chi connectivity index (χ3n) is 4.47. The van der Waals surface area contributed by atoms with Gasteiger partial charge in [-0.2, -0.15) is 0 Å². The van der Waals surface area contributed by atoms with Gasteiger partial charge in [-0.05, 0) is 31.4 Å². The molecule has 19 heavy (non-hydrogen) atoms. The largest absolute Gasteiger partial charge is 0.311 e. The molecule has 1 aromatic rings. The van der Waals surface area contributed by atoms with Crippen LogP contribution >= 0.6 is 22.9 Å². The SMILES string of the molecule is CCC1(C)CNC(C(C)C)CN1Cc1ccc(Cl)s1. The highest BCUT2D eigenvalue weighted by Gasteiger charge is 2.37. The van der Waals surface area contributed by atoms with Crippen LogP contribution in [0.25, 0.3) is 0 Å². The van der Waals surface area contributed by atoms with E-state index in [4.69, 9.17) is 11.6 Å². The molecular weight excluding hydrogens is 276 g/mol. The molecule has 1 aliphatic heterocycles. The first-order valence-corrected chi connectivity index (χ1v) is 8.36. The summed E-state index contributed by atoms with van der Waals surface area (Å²) in [5.41, 5.74) is 0.252. The lowest BCUT2D eigenvalue weighted by molar-refractivity contribution is 0.0325. The van der Waals surface area contributed by atoms with Crippen molar-refractivity contribution in [2.45, 2.75) is 52.2 Å². The highest BCUT2D eigenvalue weighted by atomic mass is 35.5. The quantitative estimate of drug-likeness (QED) is 0.904. The molecule has 0 amide bonds. The first-order chi connectivity index (χ1) is 8.94. The van der Waals surface area contributed by atoms with Crippen molar-refractivity contribution in [1.29, 1.82) is 0 Å². The van der Waals surface area contributed by atoms with E-state index in [0.717, 1.165) is 24.0 Å². The highest BCUT2D eigenvalue weighted by molar-refractivity contribution is 7.16. The molecule has 2 unspecified atom stereocenters. The zero-order valence-corrected chi connectivity index (χ0v) is 13.9. The Kier molecular flexibility index (Phi) is 4.93. The second-order valence-electron chi connectivity index (χ2n) is 6.17. The molecule has 108 valence electrons. The summed E-state index contributed by atoms with van der Waals surface area (Å²) in [6.45, 7) is 12.5. The van der Waals surface area contributed by atoms with Crippen LogP contribution in [-0.4, -0.2) is 29.6 Å². The highest BCUT2D eigenvalue weighted by Crippen LogP contribution is 2.29. The summed E-state index contributed by atoms with van der Waals surface area (Å²) in [7, 11) is 0. The number of halogens is 1. The van der Waals surface area contributed by atoms with Crippen molar-refractivity contribution in [3.63, 3.8) is 0 Å². The standard InChI is InChI=1S/C15H25ClN2S/c1-5-15(4)10-17-13(11(2)3)9-18(15)8-12-6-7-14(16)19-12/h6-7,11,13,17H,5,8-10H2,1-4H3. The lowest BCUT2D eigenvalue weighted by atomic mass is 9.89. The molecule has 1 N–H and O–H groups in total. The number of nitrogens with zero attached hydrogens (tertiary/aromatic N) is 1. The Morgan fingerprint density at radius 1 is 1.53 bits per heavy atom. The molecule has 2 heterocycles. The zero-order valence-electron chi connectivity index (χ0n) is 12.4. The van der Waals surface area contributed by atoms with Crippen LogP contribution in [0.4, 0.5) is 0 Å². The third kappa shape index (κ3) is 3.52. The number of hydrogen-bond acceptors (Lipinski definition) is 3. The second kappa shape index (κ2) is 6.13. The van der Waals surface area contributed by atoms with Gasteiger partial charge in [0.15, 0.2) is 0 Å². The minimum absolute atomic E-state index is 0.252. The fraction of sp³-hybridized carbons (Fsp3) is 0.733. The molecule has 0 spiro atoms. The zero-order chi connectivity index (χ0) is 14.0. The van der Waals surface area contributed by atoms with E-state index in [1.807, 2.05) is 6.07 Å². The number of nitrogens with one attached hydrogen (secondary N) is 1. The van der Waals surface area contributed by atoms with Crippen molar-refractivity contribution < 1.29 is 0 Å². The number of piperazine rings is 1. The summed E-state index contributed by atoms with van der Waals surface area (Å²) < 4.78 is 0.892. The maximum atomic E-state index is 6.05. The van der Waals surface area contributed by atoms with Crippen LogP contribution in [0.2, 0.25) is 4.34 Å². The van der Waals surface area contributed by atoms with Crippen LogP contribution in [0.1, 0.15) is 39.0 Å². The van der Waals surface area contributed by atoms with E-state index < -0.39 is 0 Å². The van der Waals surface area contributed by atoms with Crippen LogP contribution in [0, 0.1) is 5.92 Å². The first kappa shape index (κ1) is 15.3. The van der Waals surface area contributed by atoms with Crippen LogP contribution in [0.15, 0.2) is 12.1 Å². The van der Waals surface area contributed by atoms with E-state index in [9.17, 15) is 0 Å². The fourth-order valence-corrected chi connectivity index (χ4v) is 3.76. The van der Waals surface area contributed by atoms with E-state index in [0.29, 0.717) is 12.0 Å². The van der Waals surface area contributed by atoms with Gasteiger partial charge in [-0.25, -0.2) is 0 Å². The molecule has 4 heteroatoms. The van der Waals surface area contributed by atoms with Crippen LogP contribution in [0.3, 0.4) is 0 Å². The Bertz CT molecular complexity index is 418. The molecule has 0 aliphatic carbocycles. The van der Waals surface area contributed by atoms with Crippen LogP contribution in [-0.2, 0) is 6.54 Å². The number of thiophene rings is 1. The molecular formula is C15H25ClN2S. The average Bonchev–Trinajstić information content (AvgIpc) is 2.77. The normalized spacial score (nSPS) is 29.1. The van der Waals surface area contributed by atoms with Crippen molar-refractivity contribution in [3.8, 4) is 0 Å². The fourth-order valence-electron chi connectivity index (χ4n) is 2.66. The lowest BCUT2D eigenvalue weighted by Gasteiger charge is -2.48. The molecule has 1 fully saturated rings. The number of rotatable bonds is 4. The molecule has 1 aliphatic rings. The molecule has 1 aromatic heterocycles. The van der Waals surface area contributed by atoms with E-state index >= 15 is 0 Å². The van der Waals surface area contributed by atoms with Gasteiger partial charge in [0, 0.05) is 36.1 Å². The van der Waals surface area contributed by atoms with E-state index in [2.05, 4.69) is 44.0 Å². The van der Waals surface area contributed by atoms with Crippen molar-refractivity contribution >= 4 is 22.9 Å². The van der Waals surface area contributed by atoms with Gasteiger partial charge >= 0.3 is 0 Å². The van der Waals surface area contributed by atoms with E-state index in [1.165, 1.54) is 11.3 Å². The molecule has 2 atom stereocenters. The van der Waals surface area contributed by atoms with Crippen molar-refractivity contribution in [1.82, 2.24) is 10.2 Å². The summed E-state index contributed by atoms with van der Waals surface area (Å²) in [4.78, 5) is 4.00. The number of hydrogen-bond donors (Lipinski definition) is 1. The summed E-state index contributed by atoms with van der Waals surface area (Å²) >= 11 is 7.76. The molecule has 0 aromatic carbocycles. The maximum Gasteiger partial charge on any atom is 0.0931 e. The van der Waals surface area contributed by atoms with Crippen molar-refractivity contribution in [2.24, 2.45) is 5.92 Å². The molecule has 0 saturated carbocycles. The summed E-state index contributed by atoms with van der Waals surface area (Å²) in [6, 6.07) is 4.76. The molecule has 2 rings (SSSR count). The molecule has 0 radical (unpaired) electrons. The maximum absolute atomic E-state index is 6.05. The molecule has 1 saturated heterocycles. The second-order valence-corrected chi connectivity index (χ2v) is 7.97. The monoisotopic (exact) mass is 300 g/mol. The lowest BCUT2D eigenvalue weighted by Crippen LogP contribution is -2.63. The Morgan fingerprint density at radius 3 is 2.79 bits per heavy atom. The average molecular weight is 301 g/mol. The Balaban J connectivity index is 2.11. The summed E-state index contributed by atoms with van der Waals surface area (Å²) in [5, 5.41) is 3.72. The third-order valence-corrected chi connectivity index (χ3v) is 5.68. The Hall–Kier alpha value is -0.0900. The van der Waals surface area contributed by atoms with Gasteiger partial charge in [0.2, 0.25) is 0 Å². The van der Waals surface area contributed by atoms with Gasteiger partial charge in [0.05, 0.1) is 4.34 Å². The van der Waals surface area contributed by atoms with Gasteiger partial charge in [-0.1, -0.05) is 32.4 Å². The van der Waals surface area contributed by atoms with Crippen molar-refractivity contribution in [3.05, 3.63) is 21.3 Å². The minimum Gasteiger partial charge on any atom is -0.311 e. The molecule has 0 bridgehead atoms. The van der Waals surface area contributed by atoms with Gasteiger partial charge < -0.3 is 5.32 Å². The van der Waals surface area contributed by atoms with Gasteiger partial charge in [-0.3, -0.25) is 4.90 Å². The van der Waals surface area contributed by atoms with E-state index in [1.54, 1.807) is 11.3 Å². The van der Waals surface area contributed by atoms with Gasteiger partial charge in [0.1, 0.15) is 0 Å². The topological polar surface area (TPSA) is 15.3 Å². The first-order valence-electron chi connectivity index (χ1n) is 7.17. The Morgan fingerprint density at radius 2 is 2.26 bits per heavy atom. The van der Waals surface area contributed by atoms with Crippen molar-refractivity contribution in [2.75, 3.05) is 13.1 Å². The predicted molar refractivity (Wildman–Crippen MR) is 85.1 cm³/mol. The Labute approximate surface area is 126 Å². The molecule has 2 nitrogen and oxygen atoms in total. The minimum atomic E-state index is 0.252. The van der Waals surface area contributed by atoms with Crippen LogP contribution < -0.4 is 5.32 Å². The summed E-state index contributed by atoms with van der Waals surface area (Å²) in [6.07, 6.45) is 1.17. The van der Waals surface area contributed by atoms with Crippen LogP contribution in [0.5, 0.6) is 0 Å². The summed E-state index contributed by atoms with van der Waals surface area (Å²) in [5.74, 6) is 0.677. The van der Waals surface area contributed by atoms with E-state index in [-0.39, 0.29) is 5.54 Å². The van der Waals surface area contributed by atoms with Gasteiger partial charge in [0.25, 0.3) is 0 Å². The van der Waals surface area contributed by atoms with Gasteiger partial charge in [-0.15, -0.1) is 11.3 Å². The predicted octanol–water partition coefficient (Wildman–Crippen LogP) is 4.00.